The zero-order valence-corrected chi connectivity index (χ0v) is 10.8. The van der Waals surface area contributed by atoms with Crippen molar-refractivity contribution in [3.05, 3.63) is 0 Å². The van der Waals surface area contributed by atoms with Crippen LogP contribution in [0.25, 0.3) is 0 Å². The van der Waals surface area contributed by atoms with E-state index in [9.17, 15) is 13.7 Å². The zero-order valence-electron chi connectivity index (χ0n) is 8.14. The van der Waals surface area contributed by atoms with Crippen LogP contribution in [0.5, 0.6) is 0 Å². The monoisotopic (exact) mass is 282 g/mol. The number of hydrogen-bond acceptors (Lipinski definition) is 5. The number of hydrogen-bond donors (Lipinski definition) is 3. The normalized spacial score (nSPS) is 15.8. The molecule has 0 radical (unpaired) electrons. The highest BCUT2D eigenvalue weighted by molar-refractivity contribution is 7.60. The maximum Gasteiger partial charge on any atom is 0.705 e. The lowest BCUT2D eigenvalue weighted by Gasteiger charge is -1.88. The van der Waals surface area contributed by atoms with Gasteiger partial charge in [0, 0.05) is 17.8 Å². The molecule has 90 valence electrons. The van der Waals surface area contributed by atoms with Crippen LogP contribution in [0.1, 0.15) is 26.7 Å². The summed E-state index contributed by atoms with van der Waals surface area (Å²) in [5, 5.41) is 0. The van der Waals surface area contributed by atoms with Gasteiger partial charge in [0.25, 0.3) is 0 Å². The van der Waals surface area contributed by atoms with Gasteiger partial charge in [-0.05, 0) is 0 Å². The third-order valence-electron chi connectivity index (χ3n) is 0.846. The fourth-order valence-electron chi connectivity index (χ4n) is 0.191. The molecule has 0 rings (SSSR count). The molecule has 0 aromatic carbocycles. The number of unbranched alkanes of at least 4 members (excludes halogenated alkanes) is 1. The van der Waals surface area contributed by atoms with Crippen molar-refractivity contribution in [2.24, 2.45) is 0 Å². The Hall–Kier alpha value is 0.230. The van der Waals surface area contributed by atoms with E-state index in [4.69, 9.17) is 14.7 Å². The van der Waals surface area contributed by atoms with Crippen molar-refractivity contribution in [3.63, 3.8) is 0 Å². The molecule has 0 fully saturated rings. The van der Waals surface area contributed by atoms with Gasteiger partial charge in [-0.3, -0.25) is 4.89 Å². The van der Waals surface area contributed by atoms with E-state index in [0.29, 0.717) is 0 Å². The second-order valence-corrected chi connectivity index (χ2v) is 5.30. The summed E-state index contributed by atoms with van der Waals surface area (Å²) in [5.41, 5.74) is 0. The van der Waals surface area contributed by atoms with E-state index in [1.807, 2.05) is 0 Å². The smallest absolute Gasteiger partial charge is 0.297 e. The van der Waals surface area contributed by atoms with Crippen molar-refractivity contribution in [1.29, 1.82) is 0 Å². The van der Waals surface area contributed by atoms with Gasteiger partial charge in [0.05, 0.1) is 0 Å². The molecular formula is C4H13O8P3+2. The summed E-state index contributed by atoms with van der Waals surface area (Å²) in [6.45, 7) is 4.36. The van der Waals surface area contributed by atoms with Gasteiger partial charge in [0.1, 0.15) is 0 Å². The molecule has 0 aliphatic rings. The van der Waals surface area contributed by atoms with Crippen molar-refractivity contribution in [2.45, 2.75) is 26.7 Å². The van der Waals surface area contributed by atoms with Gasteiger partial charge in [-0.25, -0.2) is 4.57 Å². The summed E-state index contributed by atoms with van der Waals surface area (Å²) in [7, 11) is -11.6. The molecule has 0 aliphatic carbocycles. The quantitative estimate of drug-likeness (QED) is 0.654. The van der Waals surface area contributed by atoms with E-state index in [2.05, 4.69) is 22.5 Å². The second kappa shape index (κ2) is 9.46. The van der Waals surface area contributed by atoms with Gasteiger partial charge >= 0.3 is 24.3 Å². The van der Waals surface area contributed by atoms with Crippen LogP contribution in [0, 0.1) is 0 Å². The molecule has 0 saturated carbocycles. The van der Waals surface area contributed by atoms with Crippen molar-refractivity contribution < 1.29 is 37.0 Å². The minimum absolute atomic E-state index is 1.32. The van der Waals surface area contributed by atoms with Crippen LogP contribution in [0.4, 0.5) is 0 Å². The third kappa shape index (κ3) is 16.9. The van der Waals surface area contributed by atoms with E-state index in [1.165, 1.54) is 12.8 Å². The Morgan fingerprint density at radius 1 is 1.07 bits per heavy atom. The van der Waals surface area contributed by atoms with Gasteiger partial charge in [-0.15, -0.1) is 9.79 Å². The van der Waals surface area contributed by atoms with Crippen LogP contribution < -0.4 is 0 Å². The maximum atomic E-state index is 10.3. The van der Waals surface area contributed by atoms with Crippen molar-refractivity contribution in [3.8, 4) is 0 Å². The molecule has 11 heteroatoms. The van der Waals surface area contributed by atoms with E-state index in [0.717, 1.165) is 0 Å². The van der Waals surface area contributed by atoms with E-state index in [-0.39, 0.29) is 0 Å². The number of phosphoric acid groups is 1. The lowest BCUT2D eigenvalue weighted by molar-refractivity contribution is 0.271. The standard InChI is InChI=1S/C4H10.HO8P3/c1-3-4-2;1-9(2)7-11(5,6)8-10(3)4/h3-4H2,1-2H3;(H-2,1,2,3,4,5,6)/p+2. The van der Waals surface area contributed by atoms with Crippen LogP contribution in [0.2, 0.25) is 0 Å². The number of rotatable bonds is 5. The first-order valence-corrected chi connectivity index (χ1v) is 7.55. The van der Waals surface area contributed by atoms with Crippen LogP contribution in [0.15, 0.2) is 0 Å². The lowest BCUT2D eigenvalue weighted by atomic mass is 10.4. The van der Waals surface area contributed by atoms with E-state index in [1.54, 1.807) is 0 Å². The van der Waals surface area contributed by atoms with Gasteiger partial charge in [-0.2, -0.15) is 0 Å². The minimum Gasteiger partial charge on any atom is -0.297 e. The predicted octanol–water partition coefficient (Wildman–Crippen LogP) is 2.23. The first-order valence-electron chi connectivity index (χ1n) is 3.79. The largest absolute Gasteiger partial charge is 0.705 e. The molecule has 0 heterocycles. The molecule has 2 atom stereocenters. The molecule has 2 unspecified atom stereocenters. The Kier molecular flexibility index (Phi) is 11.1. The van der Waals surface area contributed by atoms with Gasteiger partial charge in [0.15, 0.2) is 0 Å². The molecule has 8 nitrogen and oxygen atoms in total. The molecule has 0 saturated heterocycles. The van der Waals surface area contributed by atoms with E-state index >= 15 is 0 Å². The average Bonchev–Trinajstić information content (AvgIpc) is 1.99. The minimum atomic E-state index is -4.87. The molecule has 0 spiro atoms. The predicted molar refractivity (Wildman–Crippen MR) is 52.2 cm³/mol. The Balaban J connectivity index is 0. The van der Waals surface area contributed by atoms with Crippen molar-refractivity contribution in [1.82, 2.24) is 0 Å². The highest BCUT2D eigenvalue weighted by Gasteiger charge is 2.43. The summed E-state index contributed by atoms with van der Waals surface area (Å²) in [5.74, 6) is 0. The second-order valence-electron chi connectivity index (χ2n) is 2.11. The SMILES string of the molecule is CCCC.O=[P+](O)OP(=O)(O)O[P+](=O)O. The lowest BCUT2D eigenvalue weighted by Crippen LogP contribution is -1.81. The first-order chi connectivity index (χ1) is 6.75. The van der Waals surface area contributed by atoms with Crippen LogP contribution in [-0.2, 0) is 22.3 Å². The Morgan fingerprint density at radius 2 is 1.33 bits per heavy atom. The summed E-state index contributed by atoms with van der Waals surface area (Å²) in [6.07, 6.45) is 2.64. The molecule has 0 aromatic rings. The van der Waals surface area contributed by atoms with Crippen LogP contribution in [-0.4, -0.2) is 14.7 Å². The molecule has 15 heavy (non-hydrogen) atoms. The molecule has 0 aromatic heterocycles. The maximum absolute atomic E-state index is 10.3. The van der Waals surface area contributed by atoms with Gasteiger partial charge in [-0.1, -0.05) is 26.7 Å². The summed E-state index contributed by atoms with van der Waals surface area (Å²) >= 11 is 0. The van der Waals surface area contributed by atoms with Gasteiger partial charge < -0.3 is 0 Å². The summed E-state index contributed by atoms with van der Waals surface area (Å²) in [4.78, 5) is 24.1. The van der Waals surface area contributed by atoms with E-state index < -0.39 is 24.3 Å². The first kappa shape index (κ1) is 17.6. The fourth-order valence-corrected chi connectivity index (χ4v) is 1.99. The Morgan fingerprint density at radius 3 is 1.47 bits per heavy atom. The molecule has 0 amide bonds. The summed E-state index contributed by atoms with van der Waals surface area (Å²) < 4.78 is 36.4. The average molecular weight is 282 g/mol. The molecule has 0 bridgehead atoms. The Labute approximate surface area is 88.8 Å². The van der Waals surface area contributed by atoms with Crippen LogP contribution >= 0.6 is 24.3 Å². The summed E-state index contributed by atoms with van der Waals surface area (Å²) in [6, 6.07) is 0. The van der Waals surface area contributed by atoms with Crippen molar-refractivity contribution in [2.75, 3.05) is 0 Å². The van der Waals surface area contributed by atoms with Crippen molar-refractivity contribution >= 4 is 24.3 Å². The zero-order chi connectivity index (χ0) is 12.5. The Bertz CT molecular complexity index is 230. The fraction of sp³-hybridized carbons (Fsp3) is 1.00. The third-order valence-corrected chi connectivity index (χ3v) is 3.61. The molecule has 3 N–H and O–H groups in total. The topological polar surface area (TPSA) is 130 Å². The highest BCUT2D eigenvalue weighted by Crippen LogP contribution is 2.55. The molecule has 0 aliphatic heterocycles. The molecular weight excluding hydrogens is 269 g/mol. The van der Waals surface area contributed by atoms with Crippen LogP contribution in [0.3, 0.4) is 0 Å². The van der Waals surface area contributed by atoms with Gasteiger partial charge in [0.2, 0.25) is 0 Å². The highest BCUT2D eigenvalue weighted by atomic mass is 31.3.